The first-order valence-corrected chi connectivity index (χ1v) is 20.6. The summed E-state index contributed by atoms with van der Waals surface area (Å²) in [6.07, 6.45) is -2.01. The fraction of sp³-hybridized carbons (Fsp3) is 0. The summed E-state index contributed by atoms with van der Waals surface area (Å²) in [5, 5.41) is 0. The average Bonchev–Trinajstić information content (AvgIpc) is 2.48. The summed E-state index contributed by atoms with van der Waals surface area (Å²) in [7, 11) is -7.57. The highest BCUT2D eigenvalue weighted by Crippen LogP contribution is 2.80. The van der Waals surface area contributed by atoms with E-state index >= 15 is 0 Å². The predicted octanol–water partition coefficient (Wildman–Crippen LogP) is 12.1. The molecule has 23 heavy (non-hydrogen) atoms. The Morgan fingerprint density at radius 1 is 0.609 bits per heavy atom. The van der Waals surface area contributed by atoms with Gasteiger partial charge >= 0.3 is 0 Å². The minimum Gasteiger partial charge on any atom is -0.219 e. The monoisotopic (exact) mass is 676 g/mol. The maximum absolute atomic E-state index is 6.13. The van der Waals surface area contributed by atoms with Crippen LogP contribution < -0.4 is 0 Å². The van der Waals surface area contributed by atoms with Gasteiger partial charge in [0.1, 0.15) is 6.42 Å². The van der Waals surface area contributed by atoms with E-state index in [0.717, 1.165) is 15.8 Å². The summed E-state index contributed by atoms with van der Waals surface area (Å²) in [4.78, 5) is 0. The van der Waals surface area contributed by atoms with Crippen LogP contribution in [0.5, 0.6) is 0 Å². The molecule has 0 N–H and O–H groups in total. The highest BCUT2D eigenvalue weighted by atomic mass is 35.9. The van der Waals surface area contributed by atoms with E-state index in [-0.39, 0.29) is 0 Å². The number of nitrogens with zero attached hydrogens (tertiary/aromatic N) is 5. The van der Waals surface area contributed by atoms with Crippen molar-refractivity contribution in [1.29, 1.82) is 0 Å². The second-order valence-corrected chi connectivity index (χ2v) is 22.6. The predicted molar refractivity (Wildman–Crippen MR) is 123 cm³/mol. The van der Waals surface area contributed by atoms with Gasteiger partial charge in [-0.3, -0.25) is 0 Å². The van der Waals surface area contributed by atoms with Gasteiger partial charge in [-0.15, -0.1) is 15.8 Å². The molecule has 0 aromatic carbocycles. The van der Waals surface area contributed by atoms with Crippen LogP contribution >= 0.6 is 181 Å². The van der Waals surface area contributed by atoms with Crippen LogP contribution in [-0.4, -0.2) is 15.8 Å². The van der Waals surface area contributed by atoms with Crippen LogP contribution in [0.3, 0.4) is 0 Å². The maximum Gasteiger partial charge on any atom is 0.209 e. The van der Waals surface area contributed by atoms with Gasteiger partial charge in [-0.1, -0.05) is 78.7 Å². The molecule has 0 heterocycles. The van der Waals surface area contributed by atoms with Crippen LogP contribution in [0.1, 0.15) is 0 Å². The van der Waals surface area contributed by atoms with Crippen molar-refractivity contribution < 1.29 is 0 Å². The number of hydrogen-bond acceptors (Lipinski definition) is 5. The summed E-state index contributed by atoms with van der Waals surface area (Å²) >= 11 is 70.4. The Morgan fingerprint density at radius 2 is 0.957 bits per heavy atom. The van der Waals surface area contributed by atoms with E-state index in [2.05, 4.69) is 4.52 Å². The molecule has 0 saturated heterocycles. The Morgan fingerprint density at radius 3 is 1.30 bits per heavy atom. The normalized spacial score (nSPS) is 18.3. The van der Waals surface area contributed by atoms with E-state index in [4.69, 9.17) is 137 Å². The molecule has 5 nitrogen and oxygen atoms in total. The largest absolute Gasteiger partial charge is 0.219 e. The minimum absolute atomic E-state index is 0.916. The average molecular weight is 682 g/mol. The zero-order valence-corrected chi connectivity index (χ0v) is 24.1. The van der Waals surface area contributed by atoms with Crippen molar-refractivity contribution >= 4 is 181 Å². The standard InChI is InChI=1S/Cl12HN5P6/c1-14(19(7)8)21(10)16(3)23(12)17(4)22(11)15(2)20(9)13-18(5)6/h18H. The third-order valence-corrected chi connectivity index (χ3v) is 23.3. The van der Waals surface area contributed by atoms with Crippen molar-refractivity contribution in [3.63, 3.8) is 0 Å². The molecule has 0 bridgehead atoms. The summed E-state index contributed by atoms with van der Waals surface area (Å²) < 4.78 is 7.54. The molecule has 0 radical (unpaired) electrons. The van der Waals surface area contributed by atoms with Crippen LogP contribution in [0, 0.1) is 0 Å². The third kappa shape index (κ3) is 10.5. The van der Waals surface area contributed by atoms with E-state index in [1.807, 2.05) is 0 Å². The number of hydrogen-bond donors (Lipinski definition) is 0. The molecule has 140 valence electrons. The Balaban J connectivity index is 4.92. The molecule has 23 heteroatoms. The Kier molecular flexibility index (Phi) is 18.3. The SMILES string of the molecule is ClN(P(Cl)Cl)P(Cl)N(Cl)P(Cl)N(Cl)P(Cl)N(Cl)P(Cl)N=[PH](Cl)Cl. The third-order valence-electron chi connectivity index (χ3n) is 1.24. The molecular formula is HCl12N5P6. The number of halogens is 12. The Hall–Kier alpha value is 5.70. The van der Waals surface area contributed by atoms with Gasteiger partial charge in [0.25, 0.3) is 0 Å². The van der Waals surface area contributed by atoms with Crippen molar-refractivity contribution in [2.45, 2.75) is 0 Å². The zero-order valence-electron chi connectivity index (χ0n) is 9.51. The van der Waals surface area contributed by atoms with E-state index in [1.54, 1.807) is 0 Å². The molecule has 0 aromatic heterocycles. The maximum atomic E-state index is 6.13. The quantitative estimate of drug-likeness (QED) is 0.179. The van der Waals surface area contributed by atoms with Gasteiger partial charge in [0, 0.05) is 0 Å². The molecule has 0 aliphatic heterocycles. The van der Waals surface area contributed by atoms with Crippen molar-refractivity contribution in [2.75, 3.05) is 0 Å². The first-order chi connectivity index (χ1) is 10.4. The molecule has 0 aliphatic carbocycles. The lowest BCUT2D eigenvalue weighted by Crippen LogP contribution is -2.09. The molecular weight excluding hydrogens is 681 g/mol. The first kappa shape index (κ1) is 28.7. The van der Waals surface area contributed by atoms with Crippen molar-refractivity contribution in [2.24, 2.45) is 4.52 Å². The van der Waals surface area contributed by atoms with Gasteiger partial charge < -0.3 is 0 Å². The van der Waals surface area contributed by atoms with E-state index in [0.29, 0.717) is 0 Å². The molecule has 0 fully saturated rings. The molecule has 0 aromatic rings. The molecule has 0 saturated carbocycles. The summed E-state index contributed by atoms with van der Waals surface area (Å²) in [6.45, 7) is -1.74. The van der Waals surface area contributed by atoms with Crippen molar-refractivity contribution in [1.82, 2.24) is 15.8 Å². The van der Waals surface area contributed by atoms with Crippen LogP contribution in [0.15, 0.2) is 4.52 Å². The fourth-order valence-electron chi connectivity index (χ4n) is 0.520. The van der Waals surface area contributed by atoms with Gasteiger partial charge in [0.15, 0.2) is 29.5 Å². The first-order valence-electron chi connectivity index (χ1n) is 4.09. The lowest BCUT2D eigenvalue weighted by atomic mass is 13.7. The highest BCUT2D eigenvalue weighted by Gasteiger charge is 2.39. The van der Waals surface area contributed by atoms with Gasteiger partial charge in [0.05, 0.1) is 0 Å². The van der Waals surface area contributed by atoms with E-state index < -0.39 is 43.5 Å². The topological polar surface area (TPSA) is 25.3 Å². The van der Waals surface area contributed by atoms with Crippen LogP contribution in [0.4, 0.5) is 0 Å². The van der Waals surface area contributed by atoms with Gasteiger partial charge in [-0.05, 0) is 58.3 Å². The molecule has 4 unspecified atom stereocenters. The van der Waals surface area contributed by atoms with Gasteiger partial charge in [-0.25, -0.2) is 4.52 Å². The summed E-state index contributed by atoms with van der Waals surface area (Å²) in [5.74, 6) is 0. The highest BCUT2D eigenvalue weighted by molar-refractivity contribution is 8.10. The van der Waals surface area contributed by atoms with Gasteiger partial charge in [0.2, 0.25) is 7.58 Å². The summed E-state index contributed by atoms with van der Waals surface area (Å²) in [5.41, 5.74) is 0. The second kappa shape index (κ2) is 14.7. The molecule has 4 atom stereocenters. The van der Waals surface area contributed by atoms with Crippen LogP contribution in [0.2, 0.25) is 0 Å². The smallest absolute Gasteiger partial charge is 0.209 e. The molecule has 0 rings (SSSR count). The molecule has 0 amide bonds. The van der Waals surface area contributed by atoms with Gasteiger partial charge in [-0.2, -0.15) is 0 Å². The fourth-order valence-corrected chi connectivity index (χ4v) is 18.1. The lowest BCUT2D eigenvalue weighted by Gasteiger charge is -2.33. The van der Waals surface area contributed by atoms with E-state index in [1.165, 1.54) is 0 Å². The van der Waals surface area contributed by atoms with Crippen molar-refractivity contribution in [3.05, 3.63) is 0 Å². The van der Waals surface area contributed by atoms with Crippen LogP contribution in [-0.2, 0) is 0 Å². The zero-order chi connectivity index (χ0) is 18.5. The Bertz CT molecular complexity index is 381. The van der Waals surface area contributed by atoms with Crippen molar-refractivity contribution in [3.8, 4) is 0 Å². The summed E-state index contributed by atoms with van der Waals surface area (Å²) in [6, 6.07) is 0. The molecule has 0 aliphatic rings. The molecule has 0 spiro atoms. The minimum atomic E-state index is -2.01. The lowest BCUT2D eigenvalue weighted by molar-refractivity contribution is 0.997. The number of rotatable bonds is 9. The second-order valence-electron chi connectivity index (χ2n) is 2.48. The Labute approximate surface area is 198 Å². The van der Waals surface area contributed by atoms with E-state index in [9.17, 15) is 0 Å². The van der Waals surface area contributed by atoms with Crippen LogP contribution in [0.25, 0.3) is 0 Å².